The van der Waals surface area contributed by atoms with Crippen LogP contribution in [0.4, 0.5) is 0 Å². The predicted molar refractivity (Wildman–Crippen MR) is 83.9 cm³/mol. The molecule has 0 aliphatic carbocycles. The minimum atomic E-state index is -0.746. The Hall–Kier alpha value is -2.10. The highest BCUT2D eigenvalue weighted by atomic mass is 16.4. The summed E-state index contributed by atoms with van der Waals surface area (Å²) in [5, 5.41) is 11.3. The molecule has 0 saturated carbocycles. The first-order valence-corrected chi connectivity index (χ1v) is 7.33. The molecule has 0 radical (unpaired) electrons. The third-order valence-corrected chi connectivity index (χ3v) is 3.22. The number of nitrogens with one attached hydrogen (secondary N) is 1. The molecule has 0 bridgehead atoms. The first kappa shape index (κ1) is 17.0. The number of carboxylic acids is 1. The van der Waals surface area contributed by atoms with Crippen LogP contribution in [0.2, 0.25) is 0 Å². The number of unbranched alkanes of at least 4 members (excludes halogenated alkanes) is 3. The van der Waals surface area contributed by atoms with Crippen molar-refractivity contribution in [1.82, 2.24) is 5.32 Å². The molecule has 114 valence electrons. The summed E-state index contributed by atoms with van der Waals surface area (Å²) in [6.45, 7) is 2.64. The van der Waals surface area contributed by atoms with Crippen molar-refractivity contribution in [2.24, 2.45) is 0 Å². The molecule has 4 heteroatoms. The molecular formula is C17H23NO3. The van der Waals surface area contributed by atoms with Gasteiger partial charge in [-0.15, -0.1) is 0 Å². The minimum Gasteiger partial charge on any atom is -0.481 e. The average Bonchev–Trinajstić information content (AvgIpc) is 2.45. The summed E-state index contributed by atoms with van der Waals surface area (Å²) in [6.07, 6.45) is 7.01. The maximum absolute atomic E-state index is 11.6. The van der Waals surface area contributed by atoms with Gasteiger partial charge in [0.1, 0.15) is 0 Å². The Morgan fingerprint density at radius 1 is 1.14 bits per heavy atom. The number of amides is 1. The van der Waals surface area contributed by atoms with E-state index >= 15 is 0 Å². The molecule has 0 aliphatic rings. The molecule has 21 heavy (non-hydrogen) atoms. The zero-order chi connectivity index (χ0) is 15.5. The number of rotatable bonds is 9. The second-order valence-electron chi connectivity index (χ2n) is 5.04. The van der Waals surface area contributed by atoms with Gasteiger partial charge in [0.2, 0.25) is 5.91 Å². The van der Waals surface area contributed by atoms with E-state index in [9.17, 15) is 9.59 Å². The van der Waals surface area contributed by atoms with Crippen LogP contribution in [0.25, 0.3) is 6.08 Å². The second-order valence-corrected chi connectivity index (χ2v) is 5.04. The van der Waals surface area contributed by atoms with Crippen molar-refractivity contribution < 1.29 is 14.7 Å². The zero-order valence-corrected chi connectivity index (χ0v) is 12.5. The van der Waals surface area contributed by atoms with Gasteiger partial charge >= 0.3 is 5.97 Å². The molecule has 1 rings (SSSR count). The van der Waals surface area contributed by atoms with Crippen LogP contribution in [0.5, 0.6) is 0 Å². The normalized spacial score (nSPS) is 10.7. The van der Waals surface area contributed by atoms with Gasteiger partial charge in [-0.3, -0.25) is 9.59 Å². The van der Waals surface area contributed by atoms with Crippen LogP contribution in [0.1, 0.15) is 43.2 Å². The fraction of sp³-hybridized carbons (Fsp3) is 0.412. The summed E-state index contributed by atoms with van der Waals surface area (Å²) >= 11 is 0. The van der Waals surface area contributed by atoms with Gasteiger partial charge in [-0.2, -0.15) is 0 Å². The standard InChI is InChI=1S/C17H23NO3/c1-14-8-5-6-9-15(14)11-12-16(19)18-13-7-3-2-4-10-17(20)21/h5-6,8-9,11-12H,2-4,7,10,13H2,1H3,(H,18,19)(H,20,21)/b12-11+. The number of carboxylic acid groups (broad SMARTS) is 1. The second kappa shape index (κ2) is 9.75. The Bertz CT molecular complexity index is 495. The van der Waals surface area contributed by atoms with Gasteiger partial charge < -0.3 is 10.4 Å². The predicted octanol–water partition coefficient (Wildman–Crippen LogP) is 3.16. The molecule has 0 aliphatic heterocycles. The van der Waals surface area contributed by atoms with Crippen LogP contribution in [-0.4, -0.2) is 23.5 Å². The molecule has 0 spiro atoms. The highest BCUT2D eigenvalue weighted by molar-refractivity contribution is 5.91. The third-order valence-electron chi connectivity index (χ3n) is 3.22. The van der Waals surface area contributed by atoms with Crippen molar-refractivity contribution in [3.63, 3.8) is 0 Å². The molecule has 0 atom stereocenters. The lowest BCUT2D eigenvalue weighted by molar-refractivity contribution is -0.137. The van der Waals surface area contributed by atoms with E-state index < -0.39 is 5.97 Å². The van der Waals surface area contributed by atoms with Gasteiger partial charge in [-0.25, -0.2) is 0 Å². The van der Waals surface area contributed by atoms with Crippen molar-refractivity contribution in [2.45, 2.75) is 39.0 Å². The van der Waals surface area contributed by atoms with Crippen LogP contribution in [0.3, 0.4) is 0 Å². The smallest absolute Gasteiger partial charge is 0.303 e. The maximum Gasteiger partial charge on any atom is 0.303 e. The minimum absolute atomic E-state index is 0.0937. The van der Waals surface area contributed by atoms with Crippen molar-refractivity contribution in [3.8, 4) is 0 Å². The van der Waals surface area contributed by atoms with Gasteiger partial charge in [-0.1, -0.05) is 37.1 Å². The van der Waals surface area contributed by atoms with Crippen LogP contribution < -0.4 is 5.32 Å². The van der Waals surface area contributed by atoms with Gasteiger partial charge in [-0.05, 0) is 37.0 Å². The molecule has 2 N–H and O–H groups in total. The van der Waals surface area contributed by atoms with E-state index in [1.54, 1.807) is 6.08 Å². The van der Waals surface area contributed by atoms with Crippen molar-refractivity contribution in [3.05, 3.63) is 41.5 Å². The number of aryl methyl sites for hydroxylation is 1. The Kier molecular flexibility index (Phi) is 7.87. The van der Waals surface area contributed by atoms with Gasteiger partial charge in [0.15, 0.2) is 0 Å². The first-order valence-electron chi connectivity index (χ1n) is 7.33. The summed E-state index contributed by atoms with van der Waals surface area (Å²) in [5.74, 6) is -0.839. The summed E-state index contributed by atoms with van der Waals surface area (Å²) < 4.78 is 0. The van der Waals surface area contributed by atoms with Crippen LogP contribution in [0.15, 0.2) is 30.3 Å². The quantitative estimate of drug-likeness (QED) is 0.542. The topological polar surface area (TPSA) is 66.4 Å². The van der Waals surface area contributed by atoms with Crippen LogP contribution in [-0.2, 0) is 9.59 Å². The van der Waals surface area contributed by atoms with Crippen molar-refractivity contribution in [1.29, 1.82) is 0 Å². The summed E-state index contributed by atoms with van der Waals surface area (Å²) in [4.78, 5) is 22.0. The molecule has 4 nitrogen and oxygen atoms in total. The van der Waals surface area contributed by atoms with Crippen molar-refractivity contribution >= 4 is 18.0 Å². The highest BCUT2D eigenvalue weighted by Crippen LogP contribution is 2.08. The summed E-state index contributed by atoms with van der Waals surface area (Å²) in [6, 6.07) is 7.90. The molecule has 0 unspecified atom stereocenters. The van der Waals surface area contributed by atoms with E-state index in [2.05, 4.69) is 5.32 Å². The zero-order valence-electron chi connectivity index (χ0n) is 12.5. The Morgan fingerprint density at radius 3 is 2.57 bits per heavy atom. The Morgan fingerprint density at radius 2 is 1.86 bits per heavy atom. The lowest BCUT2D eigenvalue weighted by Crippen LogP contribution is -2.21. The molecule has 1 aromatic rings. The Labute approximate surface area is 125 Å². The van der Waals surface area contributed by atoms with Gasteiger partial charge in [0.05, 0.1) is 0 Å². The number of aliphatic carboxylic acids is 1. The molecule has 0 saturated heterocycles. The summed E-state index contributed by atoms with van der Waals surface area (Å²) in [5.41, 5.74) is 2.18. The molecule has 1 amide bonds. The van der Waals surface area contributed by atoms with E-state index in [-0.39, 0.29) is 12.3 Å². The molecule has 0 heterocycles. The highest BCUT2D eigenvalue weighted by Gasteiger charge is 1.98. The maximum atomic E-state index is 11.6. The van der Waals surface area contributed by atoms with E-state index in [0.717, 1.165) is 30.4 Å². The SMILES string of the molecule is Cc1ccccc1/C=C/C(=O)NCCCCCCC(=O)O. The lowest BCUT2D eigenvalue weighted by atomic mass is 10.1. The van der Waals surface area contributed by atoms with Gasteiger partial charge in [0.25, 0.3) is 0 Å². The first-order chi connectivity index (χ1) is 10.1. The van der Waals surface area contributed by atoms with Crippen LogP contribution in [0, 0.1) is 6.92 Å². The van der Waals surface area contributed by atoms with E-state index in [4.69, 9.17) is 5.11 Å². The number of benzene rings is 1. The number of hydrogen-bond donors (Lipinski definition) is 2. The molecule has 0 aromatic heterocycles. The van der Waals surface area contributed by atoms with Crippen LogP contribution >= 0.6 is 0 Å². The van der Waals surface area contributed by atoms with Crippen molar-refractivity contribution in [2.75, 3.05) is 6.54 Å². The molecular weight excluding hydrogens is 266 g/mol. The largest absolute Gasteiger partial charge is 0.481 e. The number of hydrogen-bond acceptors (Lipinski definition) is 2. The van der Waals surface area contributed by atoms with E-state index in [0.29, 0.717) is 13.0 Å². The summed E-state index contributed by atoms with van der Waals surface area (Å²) in [7, 11) is 0. The van der Waals surface area contributed by atoms with Gasteiger partial charge in [0, 0.05) is 19.0 Å². The van der Waals surface area contributed by atoms with E-state index in [1.165, 1.54) is 0 Å². The lowest BCUT2D eigenvalue weighted by Gasteiger charge is -2.02. The Balaban J connectivity index is 2.14. The number of carbonyl (C=O) groups excluding carboxylic acids is 1. The number of carbonyl (C=O) groups is 2. The molecule has 0 fully saturated rings. The monoisotopic (exact) mass is 289 g/mol. The fourth-order valence-electron chi connectivity index (χ4n) is 1.96. The fourth-order valence-corrected chi connectivity index (χ4v) is 1.96. The average molecular weight is 289 g/mol. The van der Waals surface area contributed by atoms with E-state index in [1.807, 2.05) is 37.3 Å². The molecule has 1 aromatic carbocycles. The third kappa shape index (κ3) is 7.92.